The van der Waals surface area contributed by atoms with E-state index in [1.54, 1.807) is 0 Å². The second-order valence-electron chi connectivity index (χ2n) is 7.49. The highest BCUT2D eigenvalue weighted by Gasteiger charge is 2.35. The molecule has 1 N–H and O–H groups in total. The Morgan fingerprint density at radius 2 is 1.88 bits per heavy atom. The van der Waals surface area contributed by atoms with Gasteiger partial charge in [0.15, 0.2) is 0 Å². The first kappa shape index (κ1) is 15.0. The van der Waals surface area contributed by atoms with Crippen LogP contribution in [-0.4, -0.2) is 35.6 Å². The van der Waals surface area contributed by atoms with E-state index < -0.39 is 0 Å². The largest absolute Gasteiger partial charge is 0.313 e. The minimum absolute atomic E-state index is 0.275. The normalized spacial score (nSPS) is 24.9. The summed E-state index contributed by atoms with van der Waals surface area (Å²) in [7, 11) is 0. The van der Waals surface area contributed by atoms with Gasteiger partial charge < -0.3 is 5.32 Å². The van der Waals surface area contributed by atoms with E-state index >= 15 is 0 Å². The van der Waals surface area contributed by atoms with Crippen LogP contribution in [0.25, 0.3) is 0 Å². The van der Waals surface area contributed by atoms with Gasteiger partial charge in [-0.05, 0) is 59.4 Å². The second kappa shape index (κ2) is 5.27. The van der Waals surface area contributed by atoms with E-state index in [2.05, 4.69) is 58.7 Å². The van der Waals surface area contributed by atoms with E-state index in [1.807, 2.05) is 0 Å². The van der Waals surface area contributed by atoms with Crippen molar-refractivity contribution in [3.63, 3.8) is 0 Å². The van der Waals surface area contributed by atoms with Crippen LogP contribution in [0.1, 0.15) is 61.3 Å². The summed E-state index contributed by atoms with van der Waals surface area (Å²) >= 11 is 0. The number of nitrogens with one attached hydrogen (secondary N) is 1. The summed E-state index contributed by atoms with van der Waals surface area (Å²) in [6, 6.07) is 1.31. The zero-order valence-corrected chi connectivity index (χ0v) is 12.9. The maximum atomic E-state index is 3.67. The molecule has 0 bridgehead atoms. The summed E-state index contributed by atoms with van der Waals surface area (Å²) < 4.78 is 0. The van der Waals surface area contributed by atoms with Gasteiger partial charge in [0, 0.05) is 24.2 Å². The minimum Gasteiger partial charge on any atom is -0.313 e. The summed E-state index contributed by atoms with van der Waals surface area (Å²) in [5.41, 5.74) is 0.747. The molecule has 1 saturated heterocycles. The van der Waals surface area contributed by atoms with Gasteiger partial charge in [0.25, 0.3) is 0 Å². The highest BCUT2D eigenvalue weighted by molar-refractivity contribution is 4.92. The molecule has 2 nitrogen and oxygen atoms in total. The van der Waals surface area contributed by atoms with Crippen LogP contribution < -0.4 is 5.32 Å². The lowest BCUT2D eigenvalue weighted by atomic mass is 9.83. The van der Waals surface area contributed by atoms with Crippen LogP contribution in [0.2, 0.25) is 0 Å². The van der Waals surface area contributed by atoms with E-state index in [0.29, 0.717) is 17.5 Å². The highest BCUT2D eigenvalue weighted by atomic mass is 15.2. The van der Waals surface area contributed by atoms with Gasteiger partial charge in [0.05, 0.1) is 0 Å². The topological polar surface area (TPSA) is 15.3 Å². The number of hydrogen-bond acceptors (Lipinski definition) is 2. The van der Waals surface area contributed by atoms with E-state index in [9.17, 15) is 0 Å². The fourth-order valence-corrected chi connectivity index (χ4v) is 3.15. The molecule has 0 saturated carbocycles. The SMILES string of the molecule is CC(C)N(CCC1NCCC1(C)C)C(C)(C)C. The highest BCUT2D eigenvalue weighted by Crippen LogP contribution is 2.32. The zero-order valence-electron chi connectivity index (χ0n) is 12.9. The molecule has 102 valence electrons. The summed E-state index contributed by atoms with van der Waals surface area (Å²) in [5, 5.41) is 3.67. The van der Waals surface area contributed by atoms with E-state index in [-0.39, 0.29) is 5.54 Å². The third-order valence-corrected chi connectivity index (χ3v) is 4.25. The molecule has 0 aromatic carbocycles. The standard InChI is InChI=1S/C15H32N2/c1-12(2)17(14(3,4)5)11-8-13-15(6,7)9-10-16-13/h12-13,16H,8-11H2,1-7H3. The molecule has 1 unspecified atom stereocenters. The van der Waals surface area contributed by atoms with E-state index in [1.165, 1.54) is 25.9 Å². The molecule has 0 aromatic heterocycles. The van der Waals surface area contributed by atoms with Crippen molar-refractivity contribution >= 4 is 0 Å². The molecular weight excluding hydrogens is 208 g/mol. The van der Waals surface area contributed by atoms with Gasteiger partial charge in [-0.2, -0.15) is 0 Å². The molecule has 0 aromatic rings. The van der Waals surface area contributed by atoms with Gasteiger partial charge in [0.2, 0.25) is 0 Å². The van der Waals surface area contributed by atoms with Crippen molar-refractivity contribution in [3.05, 3.63) is 0 Å². The lowest BCUT2D eigenvalue weighted by molar-refractivity contribution is 0.0884. The Labute approximate surface area is 108 Å². The molecule has 0 amide bonds. The molecule has 2 heteroatoms. The number of hydrogen-bond donors (Lipinski definition) is 1. The molecule has 1 aliphatic rings. The molecular formula is C15H32N2. The Morgan fingerprint density at radius 1 is 1.29 bits per heavy atom. The predicted octanol–water partition coefficient (Wildman–Crippen LogP) is 3.27. The van der Waals surface area contributed by atoms with Gasteiger partial charge in [-0.25, -0.2) is 0 Å². The van der Waals surface area contributed by atoms with Crippen LogP contribution in [-0.2, 0) is 0 Å². The Hall–Kier alpha value is -0.0800. The van der Waals surface area contributed by atoms with Crippen LogP contribution in [0, 0.1) is 5.41 Å². The van der Waals surface area contributed by atoms with Gasteiger partial charge in [-0.1, -0.05) is 13.8 Å². The van der Waals surface area contributed by atoms with Crippen molar-refractivity contribution in [1.29, 1.82) is 0 Å². The number of nitrogens with zero attached hydrogens (tertiary/aromatic N) is 1. The smallest absolute Gasteiger partial charge is 0.0131 e. The van der Waals surface area contributed by atoms with Crippen molar-refractivity contribution in [2.75, 3.05) is 13.1 Å². The molecule has 0 aliphatic carbocycles. The Balaban J connectivity index is 2.53. The third-order valence-electron chi connectivity index (χ3n) is 4.25. The maximum Gasteiger partial charge on any atom is 0.0131 e. The van der Waals surface area contributed by atoms with Gasteiger partial charge in [0.1, 0.15) is 0 Å². The molecule has 17 heavy (non-hydrogen) atoms. The van der Waals surface area contributed by atoms with Crippen LogP contribution in [0.5, 0.6) is 0 Å². The zero-order chi connectivity index (χ0) is 13.3. The van der Waals surface area contributed by atoms with Crippen LogP contribution >= 0.6 is 0 Å². The number of rotatable bonds is 4. The Bertz CT molecular complexity index is 238. The maximum absolute atomic E-state index is 3.67. The molecule has 0 radical (unpaired) electrons. The molecule has 1 rings (SSSR count). The summed E-state index contributed by atoms with van der Waals surface area (Å²) in [6.07, 6.45) is 2.58. The summed E-state index contributed by atoms with van der Waals surface area (Å²) in [5.74, 6) is 0. The van der Waals surface area contributed by atoms with Gasteiger partial charge in [-0.15, -0.1) is 0 Å². The summed E-state index contributed by atoms with van der Waals surface area (Å²) in [4.78, 5) is 2.61. The van der Waals surface area contributed by atoms with Crippen LogP contribution in [0.4, 0.5) is 0 Å². The van der Waals surface area contributed by atoms with Crippen molar-refractivity contribution in [1.82, 2.24) is 10.2 Å². The van der Waals surface area contributed by atoms with E-state index in [0.717, 1.165) is 0 Å². The second-order valence-corrected chi connectivity index (χ2v) is 7.49. The first-order valence-electron chi connectivity index (χ1n) is 7.15. The Kier molecular flexibility index (Phi) is 4.65. The molecule has 1 atom stereocenters. The van der Waals surface area contributed by atoms with Crippen LogP contribution in [0.15, 0.2) is 0 Å². The fourth-order valence-electron chi connectivity index (χ4n) is 3.15. The average molecular weight is 240 g/mol. The first-order valence-corrected chi connectivity index (χ1v) is 7.15. The van der Waals surface area contributed by atoms with Crippen molar-refractivity contribution in [2.24, 2.45) is 5.41 Å². The lowest BCUT2D eigenvalue weighted by Gasteiger charge is -2.40. The molecule has 1 aliphatic heterocycles. The van der Waals surface area contributed by atoms with Crippen molar-refractivity contribution in [2.45, 2.75) is 78.9 Å². The summed E-state index contributed by atoms with van der Waals surface area (Å²) in [6.45, 7) is 18.7. The monoisotopic (exact) mass is 240 g/mol. The third kappa shape index (κ3) is 3.96. The first-order chi connectivity index (χ1) is 7.64. The van der Waals surface area contributed by atoms with Gasteiger partial charge >= 0.3 is 0 Å². The molecule has 1 heterocycles. The van der Waals surface area contributed by atoms with Crippen molar-refractivity contribution in [3.8, 4) is 0 Å². The van der Waals surface area contributed by atoms with Crippen molar-refractivity contribution < 1.29 is 0 Å². The van der Waals surface area contributed by atoms with Gasteiger partial charge in [-0.3, -0.25) is 4.90 Å². The fraction of sp³-hybridized carbons (Fsp3) is 1.00. The molecule has 0 spiro atoms. The predicted molar refractivity (Wildman–Crippen MR) is 76.4 cm³/mol. The molecule has 1 fully saturated rings. The Morgan fingerprint density at radius 3 is 2.24 bits per heavy atom. The quantitative estimate of drug-likeness (QED) is 0.811. The van der Waals surface area contributed by atoms with E-state index in [4.69, 9.17) is 0 Å². The lowest BCUT2D eigenvalue weighted by Crippen LogP contribution is -2.48. The van der Waals surface area contributed by atoms with Crippen LogP contribution in [0.3, 0.4) is 0 Å². The minimum atomic E-state index is 0.275. The average Bonchev–Trinajstić information content (AvgIpc) is 2.43.